The highest BCUT2D eigenvalue weighted by Crippen LogP contribution is 2.30. The van der Waals surface area contributed by atoms with Gasteiger partial charge in [-0.3, -0.25) is 4.90 Å². The van der Waals surface area contributed by atoms with E-state index in [1.54, 1.807) is 0 Å². The van der Waals surface area contributed by atoms with E-state index in [9.17, 15) is 0 Å². The molecule has 0 saturated carbocycles. The van der Waals surface area contributed by atoms with Crippen molar-refractivity contribution in [1.29, 1.82) is 0 Å². The molecule has 0 amide bonds. The minimum Gasteiger partial charge on any atom is -0.294 e. The molecule has 0 atom stereocenters. The Morgan fingerprint density at radius 1 is 1.05 bits per heavy atom. The first-order valence-corrected chi connectivity index (χ1v) is 7.21. The van der Waals surface area contributed by atoms with Gasteiger partial charge in [0, 0.05) is 29.7 Å². The molecule has 0 saturated heterocycles. The Kier molecular flexibility index (Phi) is 3.79. The van der Waals surface area contributed by atoms with Crippen molar-refractivity contribution >= 4 is 23.2 Å². The van der Waals surface area contributed by atoms with Gasteiger partial charge in [-0.2, -0.15) is 0 Å². The van der Waals surface area contributed by atoms with Crippen LogP contribution in [0.1, 0.15) is 16.7 Å². The number of hydrogen-bond donors (Lipinski definition) is 0. The van der Waals surface area contributed by atoms with Gasteiger partial charge in [0.1, 0.15) is 0 Å². The van der Waals surface area contributed by atoms with Crippen LogP contribution in [0.15, 0.2) is 42.5 Å². The average molecular weight is 292 g/mol. The number of fused-ring (bicyclic) bond motifs is 1. The first kappa shape index (κ1) is 13.0. The molecule has 3 rings (SSSR count). The molecule has 0 N–H and O–H groups in total. The lowest BCUT2D eigenvalue weighted by Crippen LogP contribution is -2.30. The predicted molar refractivity (Wildman–Crippen MR) is 80.7 cm³/mol. The minimum atomic E-state index is 0.727. The topological polar surface area (TPSA) is 3.24 Å². The SMILES string of the molecule is Clc1cc(Cl)c2c(c1)CN(Cc1ccccc1)CC2. The third-order valence-corrected chi connectivity index (χ3v) is 4.13. The predicted octanol–water partition coefficient (Wildman–Crippen LogP) is 4.55. The van der Waals surface area contributed by atoms with Crippen LogP contribution in [0.5, 0.6) is 0 Å². The largest absolute Gasteiger partial charge is 0.294 e. The maximum Gasteiger partial charge on any atom is 0.0456 e. The summed E-state index contributed by atoms with van der Waals surface area (Å²) in [5.41, 5.74) is 3.87. The molecule has 0 spiro atoms. The summed E-state index contributed by atoms with van der Waals surface area (Å²) in [6.45, 7) is 2.94. The van der Waals surface area contributed by atoms with Crippen LogP contribution in [-0.2, 0) is 19.5 Å². The molecule has 19 heavy (non-hydrogen) atoms. The Balaban J connectivity index is 1.79. The van der Waals surface area contributed by atoms with Crippen LogP contribution >= 0.6 is 23.2 Å². The number of halogens is 2. The number of nitrogens with zero attached hydrogens (tertiary/aromatic N) is 1. The van der Waals surface area contributed by atoms with Gasteiger partial charge >= 0.3 is 0 Å². The van der Waals surface area contributed by atoms with Crippen molar-refractivity contribution in [2.75, 3.05) is 6.54 Å². The van der Waals surface area contributed by atoms with Crippen molar-refractivity contribution in [3.63, 3.8) is 0 Å². The molecular formula is C16H15Cl2N. The molecule has 1 nitrogen and oxygen atoms in total. The average Bonchev–Trinajstić information content (AvgIpc) is 2.39. The van der Waals surface area contributed by atoms with Gasteiger partial charge in [0.2, 0.25) is 0 Å². The van der Waals surface area contributed by atoms with E-state index in [1.165, 1.54) is 16.7 Å². The molecule has 2 aromatic carbocycles. The van der Waals surface area contributed by atoms with Crippen LogP contribution in [0.3, 0.4) is 0 Å². The first-order valence-electron chi connectivity index (χ1n) is 6.45. The molecule has 0 aliphatic carbocycles. The van der Waals surface area contributed by atoms with E-state index < -0.39 is 0 Å². The van der Waals surface area contributed by atoms with Crippen molar-refractivity contribution in [1.82, 2.24) is 4.90 Å². The molecular weight excluding hydrogens is 277 g/mol. The molecule has 1 aliphatic heterocycles. The van der Waals surface area contributed by atoms with Crippen LogP contribution in [0.25, 0.3) is 0 Å². The van der Waals surface area contributed by atoms with Crippen molar-refractivity contribution in [3.8, 4) is 0 Å². The quantitative estimate of drug-likeness (QED) is 0.784. The van der Waals surface area contributed by atoms with Crippen LogP contribution in [0.4, 0.5) is 0 Å². The van der Waals surface area contributed by atoms with Gasteiger partial charge in [0.05, 0.1) is 0 Å². The lowest BCUT2D eigenvalue weighted by molar-refractivity contribution is 0.245. The fourth-order valence-corrected chi connectivity index (χ4v) is 3.27. The first-order chi connectivity index (χ1) is 9.22. The zero-order chi connectivity index (χ0) is 13.2. The van der Waals surface area contributed by atoms with Crippen LogP contribution < -0.4 is 0 Å². The summed E-state index contributed by atoms with van der Waals surface area (Å²) in [7, 11) is 0. The summed E-state index contributed by atoms with van der Waals surface area (Å²) in [4.78, 5) is 2.43. The number of rotatable bonds is 2. The van der Waals surface area contributed by atoms with Gasteiger partial charge in [0.25, 0.3) is 0 Å². The second-order valence-electron chi connectivity index (χ2n) is 4.97. The normalized spacial score (nSPS) is 15.3. The van der Waals surface area contributed by atoms with Crippen LogP contribution in [0, 0.1) is 0 Å². The molecule has 1 heterocycles. The van der Waals surface area contributed by atoms with Gasteiger partial charge in [-0.05, 0) is 35.2 Å². The Bertz CT molecular complexity index is 581. The number of benzene rings is 2. The van der Waals surface area contributed by atoms with Crippen molar-refractivity contribution < 1.29 is 0 Å². The van der Waals surface area contributed by atoms with Gasteiger partial charge in [-0.15, -0.1) is 0 Å². The van der Waals surface area contributed by atoms with E-state index in [2.05, 4.69) is 35.2 Å². The van der Waals surface area contributed by atoms with E-state index in [-0.39, 0.29) is 0 Å². The molecule has 0 unspecified atom stereocenters. The van der Waals surface area contributed by atoms with E-state index in [4.69, 9.17) is 23.2 Å². The Hall–Kier alpha value is -1.02. The van der Waals surface area contributed by atoms with E-state index in [1.807, 2.05) is 12.1 Å². The molecule has 0 aromatic heterocycles. The molecule has 2 aromatic rings. The number of hydrogen-bond acceptors (Lipinski definition) is 1. The summed E-state index contributed by atoms with van der Waals surface area (Å²) in [6.07, 6.45) is 0.998. The smallest absolute Gasteiger partial charge is 0.0456 e. The van der Waals surface area contributed by atoms with Gasteiger partial charge < -0.3 is 0 Å². The monoisotopic (exact) mass is 291 g/mol. The fourth-order valence-electron chi connectivity index (χ4n) is 2.64. The highest BCUT2D eigenvalue weighted by molar-refractivity contribution is 6.35. The standard InChI is InChI=1S/C16H15Cl2N/c17-14-8-13-11-19(7-6-15(13)16(18)9-14)10-12-4-2-1-3-5-12/h1-5,8-9H,6-7,10-11H2. The zero-order valence-electron chi connectivity index (χ0n) is 10.6. The van der Waals surface area contributed by atoms with E-state index in [0.29, 0.717) is 0 Å². The second-order valence-corrected chi connectivity index (χ2v) is 5.82. The molecule has 1 aliphatic rings. The Morgan fingerprint density at radius 3 is 2.63 bits per heavy atom. The second kappa shape index (κ2) is 5.54. The summed E-state index contributed by atoms with van der Waals surface area (Å²) in [5.74, 6) is 0. The molecule has 3 heteroatoms. The lowest BCUT2D eigenvalue weighted by Gasteiger charge is -2.29. The lowest BCUT2D eigenvalue weighted by atomic mass is 9.99. The minimum absolute atomic E-state index is 0.727. The summed E-state index contributed by atoms with van der Waals surface area (Å²) in [6, 6.07) is 14.4. The molecule has 0 bridgehead atoms. The van der Waals surface area contributed by atoms with Gasteiger partial charge in [-0.25, -0.2) is 0 Å². The zero-order valence-corrected chi connectivity index (χ0v) is 12.1. The summed E-state index contributed by atoms with van der Waals surface area (Å²) >= 11 is 12.3. The maximum atomic E-state index is 6.25. The third-order valence-electron chi connectivity index (χ3n) is 3.57. The Labute approximate surface area is 123 Å². The highest BCUT2D eigenvalue weighted by atomic mass is 35.5. The van der Waals surface area contributed by atoms with Crippen molar-refractivity contribution in [2.45, 2.75) is 19.5 Å². The highest BCUT2D eigenvalue weighted by Gasteiger charge is 2.19. The van der Waals surface area contributed by atoms with Crippen molar-refractivity contribution in [2.24, 2.45) is 0 Å². The molecule has 0 fully saturated rings. The summed E-state index contributed by atoms with van der Waals surface area (Å²) in [5, 5.41) is 1.53. The fraction of sp³-hybridized carbons (Fsp3) is 0.250. The molecule has 0 radical (unpaired) electrons. The summed E-state index contributed by atoms with van der Waals surface area (Å²) < 4.78 is 0. The van der Waals surface area contributed by atoms with Crippen molar-refractivity contribution in [3.05, 3.63) is 69.2 Å². The van der Waals surface area contributed by atoms with E-state index >= 15 is 0 Å². The van der Waals surface area contributed by atoms with E-state index in [0.717, 1.165) is 36.1 Å². The molecule has 98 valence electrons. The van der Waals surface area contributed by atoms with Gasteiger partial charge in [-0.1, -0.05) is 53.5 Å². The third kappa shape index (κ3) is 2.94. The van der Waals surface area contributed by atoms with Crippen LogP contribution in [0.2, 0.25) is 10.0 Å². The Morgan fingerprint density at radius 2 is 1.84 bits per heavy atom. The van der Waals surface area contributed by atoms with Gasteiger partial charge in [0.15, 0.2) is 0 Å². The van der Waals surface area contributed by atoms with Crippen LogP contribution in [-0.4, -0.2) is 11.4 Å². The maximum absolute atomic E-state index is 6.25.